The number of hydrogen-bond donors (Lipinski definition) is 3. The van der Waals surface area contributed by atoms with E-state index in [0.717, 1.165) is 12.2 Å². The first kappa shape index (κ1) is 19.7. The molecule has 3 N–H and O–H groups in total. The first-order valence-electron chi connectivity index (χ1n) is 8.96. The van der Waals surface area contributed by atoms with Crippen LogP contribution in [0.25, 0.3) is 0 Å². The Morgan fingerprint density at radius 1 is 1.07 bits per heavy atom. The molecular formula is C20H21ClN4O3. The third-order valence-corrected chi connectivity index (χ3v) is 4.55. The van der Waals surface area contributed by atoms with E-state index in [0.29, 0.717) is 29.4 Å². The fourth-order valence-corrected chi connectivity index (χ4v) is 2.96. The SMILES string of the molecule is O=C1CN(c2ccc(NC(=O)CCNC(=O)c3ccc(Cl)cc3)cc2)CCN1. The molecule has 146 valence electrons. The molecule has 0 spiro atoms. The van der Waals surface area contributed by atoms with Crippen molar-refractivity contribution in [3.05, 3.63) is 59.1 Å². The van der Waals surface area contributed by atoms with E-state index in [9.17, 15) is 14.4 Å². The smallest absolute Gasteiger partial charge is 0.251 e. The minimum absolute atomic E-state index is 0.00396. The van der Waals surface area contributed by atoms with Gasteiger partial charge in [0, 0.05) is 48.0 Å². The normalized spacial score (nSPS) is 13.6. The number of rotatable bonds is 6. The van der Waals surface area contributed by atoms with Crippen LogP contribution < -0.4 is 20.9 Å². The number of amides is 3. The maximum Gasteiger partial charge on any atom is 0.251 e. The summed E-state index contributed by atoms with van der Waals surface area (Å²) >= 11 is 5.79. The lowest BCUT2D eigenvalue weighted by Gasteiger charge is -2.28. The van der Waals surface area contributed by atoms with Crippen LogP contribution in [0.5, 0.6) is 0 Å². The van der Waals surface area contributed by atoms with Gasteiger partial charge in [-0.1, -0.05) is 11.6 Å². The Labute approximate surface area is 168 Å². The maximum atomic E-state index is 12.1. The molecule has 0 radical (unpaired) electrons. The van der Waals surface area contributed by atoms with Crippen LogP contribution in [0.3, 0.4) is 0 Å². The summed E-state index contributed by atoms with van der Waals surface area (Å²) in [6, 6.07) is 13.9. The number of carbonyl (C=O) groups is 3. The van der Waals surface area contributed by atoms with E-state index in [-0.39, 0.29) is 30.7 Å². The first-order valence-corrected chi connectivity index (χ1v) is 9.34. The molecule has 0 bridgehead atoms. The molecular weight excluding hydrogens is 380 g/mol. The zero-order chi connectivity index (χ0) is 19.9. The largest absolute Gasteiger partial charge is 0.360 e. The minimum atomic E-state index is -0.251. The summed E-state index contributed by atoms with van der Waals surface area (Å²) in [5, 5.41) is 8.85. The summed E-state index contributed by atoms with van der Waals surface area (Å²) in [5.74, 6) is -0.440. The van der Waals surface area contributed by atoms with Gasteiger partial charge in [-0.3, -0.25) is 14.4 Å². The van der Waals surface area contributed by atoms with E-state index in [1.54, 1.807) is 36.4 Å². The molecule has 28 heavy (non-hydrogen) atoms. The van der Waals surface area contributed by atoms with Gasteiger partial charge in [0.25, 0.3) is 5.91 Å². The Kier molecular flexibility index (Phi) is 6.49. The molecule has 7 nitrogen and oxygen atoms in total. The van der Waals surface area contributed by atoms with Crippen LogP contribution >= 0.6 is 11.6 Å². The highest BCUT2D eigenvalue weighted by Crippen LogP contribution is 2.18. The van der Waals surface area contributed by atoms with E-state index >= 15 is 0 Å². The van der Waals surface area contributed by atoms with Crippen LogP contribution in [0, 0.1) is 0 Å². The molecule has 0 saturated carbocycles. The molecule has 1 saturated heterocycles. The van der Waals surface area contributed by atoms with Gasteiger partial charge in [0.2, 0.25) is 11.8 Å². The first-order chi connectivity index (χ1) is 13.5. The minimum Gasteiger partial charge on any atom is -0.360 e. The van der Waals surface area contributed by atoms with E-state index in [1.165, 1.54) is 0 Å². The number of nitrogens with zero attached hydrogens (tertiary/aromatic N) is 1. The lowest BCUT2D eigenvalue weighted by atomic mass is 10.2. The lowest BCUT2D eigenvalue weighted by Crippen LogP contribution is -2.47. The number of hydrogen-bond acceptors (Lipinski definition) is 4. The predicted molar refractivity (Wildman–Crippen MR) is 109 cm³/mol. The Bertz CT molecular complexity index is 853. The van der Waals surface area contributed by atoms with E-state index in [1.807, 2.05) is 17.0 Å². The molecule has 0 unspecified atom stereocenters. The molecule has 1 aliphatic heterocycles. The van der Waals surface area contributed by atoms with Crippen LogP contribution in [-0.2, 0) is 9.59 Å². The van der Waals surface area contributed by atoms with Gasteiger partial charge in [0.05, 0.1) is 6.54 Å². The van der Waals surface area contributed by atoms with Gasteiger partial charge in [-0.2, -0.15) is 0 Å². The van der Waals surface area contributed by atoms with Crippen LogP contribution in [0.4, 0.5) is 11.4 Å². The molecule has 0 aliphatic carbocycles. The monoisotopic (exact) mass is 400 g/mol. The molecule has 1 heterocycles. The third-order valence-electron chi connectivity index (χ3n) is 4.30. The van der Waals surface area contributed by atoms with Gasteiger partial charge >= 0.3 is 0 Å². The van der Waals surface area contributed by atoms with E-state index in [4.69, 9.17) is 11.6 Å². The van der Waals surface area contributed by atoms with Crippen molar-refractivity contribution in [2.75, 3.05) is 36.4 Å². The summed E-state index contributed by atoms with van der Waals surface area (Å²) < 4.78 is 0. The molecule has 1 aliphatic rings. The van der Waals surface area contributed by atoms with Crippen LogP contribution in [-0.4, -0.2) is 43.9 Å². The molecule has 0 aromatic heterocycles. The number of piperazine rings is 1. The van der Waals surface area contributed by atoms with Crippen molar-refractivity contribution < 1.29 is 14.4 Å². The molecule has 2 aromatic rings. The van der Waals surface area contributed by atoms with Gasteiger partial charge in [-0.25, -0.2) is 0 Å². The Balaban J connectivity index is 1.43. The van der Waals surface area contributed by atoms with E-state index in [2.05, 4.69) is 16.0 Å². The number of carbonyl (C=O) groups excluding carboxylic acids is 3. The highest BCUT2D eigenvalue weighted by atomic mass is 35.5. The van der Waals surface area contributed by atoms with Crippen molar-refractivity contribution in [2.45, 2.75) is 6.42 Å². The van der Waals surface area contributed by atoms with Crippen molar-refractivity contribution in [3.8, 4) is 0 Å². The molecule has 8 heteroatoms. The van der Waals surface area contributed by atoms with Crippen molar-refractivity contribution in [1.29, 1.82) is 0 Å². The standard InChI is InChI=1S/C20H21ClN4O3/c21-15-3-1-14(2-4-15)20(28)23-10-9-18(26)24-16-5-7-17(8-6-16)25-12-11-22-19(27)13-25/h1-8H,9-13H2,(H,22,27)(H,23,28)(H,24,26). The van der Waals surface area contributed by atoms with Gasteiger partial charge in [-0.05, 0) is 48.5 Å². The van der Waals surface area contributed by atoms with Crippen LogP contribution in [0.15, 0.2) is 48.5 Å². The zero-order valence-electron chi connectivity index (χ0n) is 15.2. The number of anilines is 2. The van der Waals surface area contributed by atoms with Crippen LogP contribution in [0.2, 0.25) is 5.02 Å². The van der Waals surface area contributed by atoms with Gasteiger partial charge in [-0.15, -0.1) is 0 Å². The average Bonchev–Trinajstić information content (AvgIpc) is 2.69. The highest BCUT2D eigenvalue weighted by Gasteiger charge is 2.16. The summed E-state index contributed by atoms with van der Waals surface area (Å²) in [7, 11) is 0. The lowest BCUT2D eigenvalue weighted by molar-refractivity contribution is -0.120. The second kappa shape index (κ2) is 9.23. The number of benzene rings is 2. The maximum absolute atomic E-state index is 12.1. The average molecular weight is 401 g/mol. The van der Waals surface area contributed by atoms with E-state index < -0.39 is 0 Å². The summed E-state index contributed by atoms with van der Waals surface area (Å²) in [4.78, 5) is 37.5. The van der Waals surface area contributed by atoms with Crippen molar-refractivity contribution in [2.24, 2.45) is 0 Å². The Morgan fingerprint density at radius 2 is 1.79 bits per heavy atom. The van der Waals surface area contributed by atoms with Crippen molar-refractivity contribution in [3.63, 3.8) is 0 Å². The van der Waals surface area contributed by atoms with Crippen LogP contribution in [0.1, 0.15) is 16.8 Å². The molecule has 2 aromatic carbocycles. The van der Waals surface area contributed by atoms with Gasteiger partial charge < -0.3 is 20.9 Å². The topological polar surface area (TPSA) is 90.5 Å². The van der Waals surface area contributed by atoms with Gasteiger partial charge in [0.15, 0.2) is 0 Å². The molecule has 3 amide bonds. The summed E-state index contributed by atoms with van der Waals surface area (Å²) in [6.45, 7) is 1.94. The molecule has 0 atom stereocenters. The molecule has 3 rings (SSSR count). The summed E-state index contributed by atoms with van der Waals surface area (Å²) in [6.07, 6.45) is 0.160. The predicted octanol–water partition coefficient (Wildman–Crippen LogP) is 2.03. The fraction of sp³-hybridized carbons (Fsp3) is 0.250. The third kappa shape index (κ3) is 5.47. The zero-order valence-corrected chi connectivity index (χ0v) is 16.0. The second-order valence-electron chi connectivity index (χ2n) is 6.38. The Hall–Kier alpha value is -3.06. The van der Waals surface area contributed by atoms with Crippen molar-refractivity contribution >= 4 is 40.7 Å². The highest BCUT2D eigenvalue weighted by molar-refractivity contribution is 6.30. The molecule has 1 fully saturated rings. The van der Waals surface area contributed by atoms with Gasteiger partial charge in [0.1, 0.15) is 0 Å². The quantitative estimate of drug-likeness (QED) is 0.692. The summed E-state index contributed by atoms with van der Waals surface area (Å²) in [5.41, 5.74) is 2.09. The van der Waals surface area contributed by atoms with Crippen molar-refractivity contribution in [1.82, 2.24) is 10.6 Å². The Morgan fingerprint density at radius 3 is 2.46 bits per heavy atom. The number of halogens is 1. The second-order valence-corrected chi connectivity index (χ2v) is 6.82. The fourth-order valence-electron chi connectivity index (χ4n) is 2.83. The number of nitrogens with one attached hydrogen (secondary N) is 3.